The van der Waals surface area contributed by atoms with Crippen LogP contribution in [-0.2, 0) is 6.42 Å². The topological polar surface area (TPSA) is 37.3 Å². The van der Waals surface area contributed by atoms with Crippen LogP contribution in [0.5, 0.6) is 0 Å². The third-order valence-corrected chi connectivity index (χ3v) is 7.08. The van der Waals surface area contributed by atoms with E-state index in [1.54, 1.807) is 0 Å². The second-order valence-corrected chi connectivity index (χ2v) is 10.2. The summed E-state index contributed by atoms with van der Waals surface area (Å²) in [5, 5.41) is 9.67. The van der Waals surface area contributed by atoms with Gasteiger partial charge < -0.3 is 5.11 Å². The molecule has 2 aromatic carbocycles. The summed E-state index contributed by atoms with van der Waals surface area (Å²) >= 11 is 0. The van der Waals surface area contributed by atoms with Gasteiger partial charge in [0.15, 0.2) is 5.83 Å². The van der Waals surface area contributed by atoms with Crippen LogP contribution in [-0.4, -0.2) is 11.1 Å². The molecule has 0 heterocycles. The summed E-state index contributed by atoms with van der Waals surface area (Å²) in [5.41, 5.74) is 2.49. The summed E-state index contributed by atoms with van der Waals surface area (Å²) in [6, 6.07) is 12.0. The fourth-order valence-electron chi connectivity index (χ4n) is 4.75. The molecule has 1 N–H and O–H groups in total. The van der Waals surface area contributed by atoms with Gasteiger partial charge in [-0.25, -0.2) is 13.6 Å². The van der Waals surface area contributed by atoms with Crippen molar-refractivity contribution in [2.45, 2.75) is 117 Å². The Labute approximate surface area is 223 Å². The zero-order valence-corrected chi connectivity index (χ0v) is 23.0. The Morgan fingerprint density at radius 3 is 1.81 bits per heavy atom. The fraction of sp³-hybridized carbons (Fsp3) is 0.545. The van der Waals surface area contributed by atoms with Gasteiger partial charge in [-0.2, -0.15) is 0 Å². The molecular formula is C33H46F2O2. The number of allylic oxidation sites excluding steroid dienone is 1. The maximum atomic E-state index is 14.9. The van der Waals surface area contributed by atoms with Gasteiger partial charge >= 0.3 is 5.97 Å². The highest BCUT2D eigenvalue weighted by molar-refractivity contribution is 5.96. The van der Waals surface area contributed by atoms with Crippen molar-refractivity contribution >= 4 is 11.8 Å². The summed E-state index contributed by atoms with van der Waals surface area (Å²) in [4.78, 5) is 11.8. The van der Waals surface area contributed by atoms with E-state index in [2.05, 4.69) is 13.8 Å². The first kappa shape index (κ1) is 30.7. The average molecular weight is 513 g/mol. The number of aryl methyl sites for hydroxylation is 1. The maximum Gasteiger partial charge on any atom is 0.336 e. The Morgan fingerprint density at radius 1 is 0.703 bits per heavy atom. The van der Waals surface area contributed by atoms with Crippen LogP contribution in [0, 0.1) is 0 Å². The number of carboxylic acids is 1. The lowest BCUT2D eigenvalue weighted by Gasteiger charge is -2.11. The van der Waals surface area contributed by atoms with Crippen molar-refractivity contribution in [3.63, 3.8) is 0 Å². The number of halogens is 2. The number of hydrogen-bond donors (Lipinski definition) is 1. The zero-order chi connectivity index (χ0) is 26.9. The lowest BCUT2D eigenvalue weighted by Crippen LogP contribution is -2.00. The normalized spacial score (nSPS) is 12.0. The van der Waals surface area contributed by atoms with E-state index in [0.29, 0.717) is 17.5 Å². The predicted molar refractivity (Wildman–Crippen MR) is 152 cm³/mol. The third kappa shape index (κ3) is 11.2. The van der Waals surface area contributed by atoms with Gasteiger partial charge in [0.1, 0.15) is 5.83 Å². The molecule has 0 fully saturated rings. The number of benzene rings is 2. The van der Waals surface area contributed by atoms with E-state index >= 15 is 0 Å². The highest BCUT2D eigenvalue weighted by Crippen LogP contribution is 2.32. The predicted octanol–water partition coefficient (Wildman–Crippen LogP) is 11.1. The molecule has 0 aliphatic heterocycles. The second-order valence-electron chi connectivity index (χ2n) is 10.2. The molecule has 4 heteroatoms. The second kappa shape index (κ2) is 17.9. The molecule has 0 spiro atoms. The summed E-state index contributed by atoms with van der Waals surface area (Å²) in [7, 11) is 0. The lowest BCUT2D eigenvalue weighted by atomic mass is 9.95. The number of carboxylic acid groups (broad SMARTS) is 1. The highest BCUT2D eigenvalue weighted by Gasteiger charge is 2.16. The average Bonchev–Trinajstić information content (AvgIpc) is 2.91. The first-order valence-electron chi connectivity index (χ1n) is 14.5. The molecule has 2 nitrogen and oxygen atoms in total. The van der Waals surface area contributed by atoms with Crippen molar-refractivity contribution in [3.05, 3.63) is 65.0 Å². The minimum absolute atomic E-state index is 0.0686. The molecular weight excluding hydrogens is 466 g/mol. The van der Waals surface area contributed by atoms with E-state index < -0.39 is 17.6 Å². The molecule has 0 aliphatic carbocycles. The zero-order valence-electron chi connectivity index (χ0n) is 23.0. The van der Waals surface area contributed by atoms with Gasteiger partial charge in [0.2, 0.25) is 0 Å². The van der Waals surface area contributed by atoms with Crippen molar-refractivity contribution < 1.29 is 18.7 Å². The van der Waals surface area contributed by atoms with E-state index in [-0.39, 0.29) is 17.5 Å². The fourth-order valence-corrected chi connectivity index (χ4v) is 4.75. The van der Waals surface area contributed by atoms with Gasteiger partial charge in [0.25, 0.3) is 0 Å². The molecule has 2 aromatic rings. The number of hydrogen-bond acceptors (Lipinski definition) is 1. The number of carbonyl (C=O) groups is 1. The SMILES string of the molecule is CCCCCCCCCCCc1ccc(-c2cc(C(F)=C(F)CCCCCCC)ccc2C(=O)O)cc1. The standard InChI is InChI=1S/C33H46F2O2/c1-3-5-7-9-10-11-12-14-15-17-26-19-21-27(22-20-26)30-25-28(23-24-29(30)33(36)37)32(35)31(34)18-16-13-8-6-4-2/h19-25H,3-18H2,1-2H3,(H,36,37). The Bertz CT molecular complexity index is 963. The molecule has 2 rings (SSSR count). The van der Waals surface area contributed by atoms with E-state index in [1.807, 2.05) is 24.3 Å². The van der Waals surface area contributed by atoms with Gasteiger partial charge in [-0.05, 0) is 48.1 Å². The highest BCUT2D eigenvalue weighted by atomic mass is 19.2. The van der Waals surface area contributed by atoms with E-state index in [4.69, 9.17) is 0 Å². The van der Waals surface area contributed by atoms with Gasteiger partial charge in [-0.3, -0.25) is 0 Å². The van der Waals surface area contributed by atoms with Gasteiger partial charge in [-0.15, -0.1) is 0 Å². The smallest absolute Gasteiger partial charge is 0.336 e. The first-order chi connectivity index (χ1) is 18.0. The molecule has 0 atom stereocenters. The van der Waals surface area contributed by atoms with Gasteiger partial charge in [-0.1, -0.05) is 121 Å². The van der Waals surface area contributed by atoms with Crippen LogP contribution < -0.4 is 0 Å². The molecule has 0 bridgehead atoms. The van der Waals surface area contributed by atoms with Crippen molar-refractivity contribution in [1.82, 2.24) is 0 Å². The largest absolute Gasteiger partial charge is 0.478 e. The molecule has 0 aliphatic rings. The summed E-state index contributed by atoms with van der Waals surface area (Å²) in [6.45, 7) is 4.36. The lowest BCUT2D eigenvalue weighted by molar-refractivity contribution is 0.0697. The Balaban J connectivity index is 1.99. The van der Waals surface area contributed by atoms with Crippen LogP contribution >= 0.6 is 0 Å². The van der Waals surface area contributed by atoms with Crippen LogP contribution in [0.25, 0.3) is 17.0 Å². The molecule has 204 valence electrons. The van der Waals surface area contributed by atoms with Crippen LogP contribution in [0.3, 0.4) is 0 Å². The number of unbranched alkanes of at least 4 members (excludes halogenated alkanes) is 12. The summed E-state index contributed by atoms with van der Waals surface area (Å²) < 4.78 is 29.4. The van der Waals surface area contributed by atoms with Gasteiger partial charge in [0.05, 0.1) is 5.56 Å². The van der Waals surface area contributed by atoms with Crippen molar-refractivity contribution in [3.8, 4) is 11.1 Å². The third-order valence-electron chi connectivity index (χ3n) is 7.08. The van der Waals surface area contributed by atoms with Gasteiger partial charge in [0, 0.05) is 12.0 Å². The molecule has 0 saturated carbocycles. The van der Waals surface area contributed by atoms with E-state index in [0.717, 1.165) is 38.5 Å². The van der Waals surface area contributed by atoms with Crippen LogP contribution in [0.2, 0.25) is 0 Å². The first-order valence-corrected chi connectivity index (χ1v) is 14.5. The minimum Gasteiger partial charge on any atom is -0.478 e. The summed E-state index contributed by atoms with van der Waals surface area (Å²) in [5.74, 6) is -2.74. The number of rotatable bonds is 19. The van der Waals surface area contributed by atoms with Crippen LogP contribution in [0.1, 0.15) is 132 Å². The van der Waals surface area contributed by atoms with E-state index in [9.17, 15) is 18.7 Å². The van der Waals surface area contributed by atoms with Crippen molar-refractivity contribution in [2.24, 2.45) is 0 Å². The molecule has 0 unspecified atom stereocenters. The minimum atomic E-state index is -1.08. The molecule has 0 saturated heterocycles. The molecule has 0 aromatic heterocycles. The van der Waals surface area contributed by atoms with Crippen molar-refractivity contribution in [2.75, 3.05) is 0 Å². The molecule has 37 heavy (non-hydrogen) atoms. The maximum absolute atomic E-state index is 14.9. The Kier molecular flexibility index (Phi) is 14.8. The van der Waals surface area contributed by atoms with Crippen molar-refractivity contribution in [1.29, 1.82) is 0 Å². The monoisotopic (exact) mass is 512 g/mol. The molecule has 0 radical (unpaired) electrons. The Morgan fingerprint density at radius 2 is 1.24 bits per heavy atom. The van der Waals surface area contributed by atoms with E-state index in [1.165, 1.54) is 75.1 Å². The quantitative estimate of drug-likeness (QED) is 0.190. The number of aromatic carboxylic acids is 1. The van der Waals surface area contributed by atoms with Crippen LogP contribution in [0.15, 0.2) is 48.3 Å². The Hall–Kier alpha value is -2.49. The summed E-state index contributed by atoms with van der Waals surface area (Å²) in [6.07, 6.45) is 17.4. The van der Waals surface area contributed by atoms with Crippen LogP contribution in [0.4, 0.5) is 8.78 Å². The molecule has 0 amide bonds.